The van der Waals surface area contributed by atoms with E-state index in [-0.39, 0.29) is 12.4 Å². The van der Waals surface area contributed by atoms with Crippen molar-refractivity contribution in [2.24, 2.45) is 0 Å². The predicted molar refractivity (Wildman–Crippen MR) is 124 cm³/mol. The monoisotopic (exact) mass is 416 g/mol. The fourth-order valence-electron chi connectivity index (χ4n) is 3.58. The van der Waals surface area contributed by atoms with Crippen LogP contribution < -0.4 is 10.1 Å². The minimum Gasteiger partial charge on any atom is -0.497 e. The summed E-state index contributed by atoms with van der Waals surface area (Å²) in [5, 5.41) is 4.59. The van der Waals surface area contributed by atoms with Crippen LogP contribution in [0, 0.1) is 0 Å². The Morgan fingerprint density at radius 1 is 0.900 bits per heavy atom. The summed E-state index contributed by atoms with van der Waals surface area (Å²) >= 11 is 0. The number of nitrogens with one attached hydrogen (secondary N) is 2. The largest absolute Gasteiger partial charge is 0.497 e. The highest BCUT2D eigenvalue weighted by Gasteiger charge is 2.12. The van der Waals surface area contributed by atoms with Crippen LogP contribution in [0.1, 0.15) is 5.56 Å². The highest BCUT2D eigenvalue weighted by molar-refractivity contribution is 6.05. The molecule has 0 aliphatic heterocycles. The van der Waals surface area contributed by atoms with Gasteiger partial charge in [0, 0.05) is 29.4 Å². The van der Waals surface area contributed by atoms with Crippen molar-refractivity contribution in [3.05, 3.63) is 84.6 Å². The maximum atomic E-state index is 5.23. The van der Waals surface area contributed by atoms with E-state index in [1.165, 1.54) is 5.56 Å². The average Bonchev–Trinajstić information content (AvgIpc) is 3.23. The Kier molecular flexibility index (Phi) is 5.55. The molecular weight excluding hydrogens is 396 g/mol. The van der Waals surface area contributed by atoms with Gasteiger partial charge in [0.05, 0.1) is 23.7 Å². The van der Waals surface area contributed by atoms with Crippen molar-refractivity contribution < 1.29 is 4.74 Å². The summed E-state index contributed by atoms with van der Waals surface area (Å²) in [6, 6.07) is 24.2. The number of aromatic amines is 1. The van der Waals surface area contributed by atoms with Crippen LogP contribution in [0.25, 0.3) is 33.3 Å². The molecule has 6 heteroatoms. The van der Waals surface area contributed by atoms with Gasteiger partial charge in [-0.3, -0.25) is 4.98 Å². The Hall–Kier alpha value is -3.57. The third-order valence-electron chi connectivity index (χ3n) is 5.07. The number of fused-ring (bicyclic) bond motifs is 3. The van der Waals surface area contributed by atoms with Crippen LogP contribution in [0.3, 0.4) is 0 Å². The lowest BCUT2D eigenvalue weighted by molar-refractivity contribution is 0.415. The molecule has 0 aliphatic rings. The third kappa shape index (κ3) is 3.67. The summed E-state index contributed by atoms with van der Waals surface area (Å²) in [5.41, 5.74) is 6.18. The first-order chi connectivity index (χ1) is 14.3. The maximum absolute atomic E-state index is 5.23. The number of methoxy groups -OCH3 is 1. The van der Waals surface area contributed by atoms with Crippen LogP contribution in [-0.4, -0.2) is 22.1 Å². The molecule has 0 aliphatic carbocycles. The lowest BCUT2D eigenvalue weighted by Gasteiger charge is -2.10. The van der Waals surface area contributed by atoms with E-state index in [0.717, 1.165) is 44.8 Å². The predicted octanol–water partition coefficient (Wildman–Crippen LogP) is 5.82. The van der Waals surface area contributed by atoms with Gasteiger partial charge in [0.1, 0.15) is 11.6 Å². The van der Waals surface area contributed by atoms with E-state index in [9.17, 15) is 0 Å². The normalized spacial score (nSPS) is 10.7. The number of hydrogen-bond donors (Lipinski definition) is 2. The van der Waals surface area contributed by atoms with Crippen LogP contribution in [-0.2, 0) is 6.54 Å². The molecule has 0 unspecified atom stereocenters. The lowest BCUT2D eigenvalue weighted by Crippen LogP contribution is -2.01. The van der Waals surface area contributed by atoms with Crippen molar-refractivity contribution in [1.82, 2.24) is 15.0 Å². The van der Waals surface area contributed by atoms with E-state index in [1.807, 2.05) is 60.8 Å². The molecule has 0 radical (unpaired) electrons. The van der Waals surface area contributed by atoms with E-state index < -0.39 is 0 Å². The maximum Gasteiger partial charge on any atom is 0.138 e. The molecule has 3 aromatic carbocycles. The lowest BCUT2D eigenvalue weighted by atomic mass is 10.1. The quantitative estimate of drug-likeness (QED) is 0.379. The number of ether oxygens (including phenoxy) is 1. The fraction of sp³-hybridized carbons (Fsp3) is 0.0833. The molecule has 0 fully saturated rings. The Morgan fingerprint density at radius 3 is 2.43 bits per heavy atom. The van der Waals surface area contributed by atoms with Gasteiger partial charge in [0.2, 0.25) is 0 Å². The van der Waals surface area contributed by atoms with Crippen LogP contribution >= 0.6 is 12.4 Å². The van der Waals surface area contributed by atoms with Crippen molar-refractivity contribution >= 4 is 40.0 Å². The van der Waals surface area contributed by atoms with Gasteiger partial charge >= 0.3 is 0 Å². The van der Waals surface area contributed by atoms with Crippen molar-refractivity contribution in [1.29, 1.82) is 0 Å². The van der Waals surface area contributed by atoms with E-state index in [1.54, 1.807) is 7.11 Å². The first-order valence-corrected chi connectivity index (χ1v) is 9.51. The number of benzene rings is 3. The molecule has 5 aromatic rings. The molecule has 0 amide bonds. The molecule has 0 bridgehead atoms. The van der Waals surface area contributed by atoms with E-state index in [2.05, 4.69) is 33.5 Å². The molecule has 30 heavy (non-hydrogen) atoms. The number of aromatic nitrogens is 3. The summed E-state index contributed by atoms with van der Waals surface area (Å²) in [5.74, 6) is 1.71. The van der Waals surface area contributed by atoms with Crippen molar-refractivity contribution in [3.63, 3.8) is 0 Å². The Bertz CT molecular complexity index is 1280. The van der Waals surface area contributed by atoms with E-state index >= 15 is 0 Å². The zero-order valence-electron chi connectivity index (χ0n) is 16.4. The van der Waals surface area contributed by atoms with Gasteiger partial charge in [-0.05, 0) is 48.0 Å². The summed E-state index contributed by atoms with van der Waals surface area (Å²) in [6.07, 6.45) is 1.85. The highest BCUT2D eigenvalue weighted by Crippen LogP contribution is 2.29. The molecule has 150 valence electrons. The molecule has 0 atom stereocenters. The number of pyridine rings is 1. The number of imidazole rings is 1. The second-order valence-corrected chi connectivity index (χ2v) is 6.86. The number of H-pyrrole nitrogens is 1. The van der Waals surface area contributed by atoms with Crippen molar-refractivity contribution in [3.8, 4) is 17.1 Å². The molecule has 0 spiro atoms. The van der Waals surface area contributed by atoms with Gasteiger partial charge in [-0.15, -0.1) is 12.4 Å². The van der Waals surface area contributed by atoms with Crippen LogP contribution in [0.5, 0.6) is 5.75 Å². The average molecular weight is 417 g/mol. The Morgan fingerprint density at radius 2 is 1.67 bits per heavy atom. The third-order valence-corrected chi connectivity index (χ3v) is 5.07. The second kappa shape index (κ2) is 8.43. The zero-order chi connectivity index (χ0) is 19.6. The zero-order valence-corrected chi connectivity index (χ0v) is 17.2. The van der Waals surface area contributed by atoms with Crippen molar-refractivity contribution in [2.75, 3.05) is 12.4 Å². The molecule has 2 heterocycles. The molecule has 5 nitrogen and oxygen atoms in total. The van der Waals surface area contributed by atoms with Gasteiger partial charge < -0.3 is 15.0 Å². The minimum atomic E-state index is 0. The number of halogens is 1. The van der Waals surface area contributed by atoms with Gasteiger partial charge in [-0.2, -0.15) is 0 Å². The molecule has 0 saturated heterocycles. The summed E-state index contributed by atoms with van der Waals surface area (Å²) < 4.78 is 5.23. The first-order valence-electron chi connectivity index (χ1n) is 9.51. The standard InChI is InChI=1S/C24H20N4O.ClH/c1-29-19-9-7-18(8-10-19)26-15-17-13-14-25-20-11-12-21-23(22(17)20)28-24(27-21)16-5-3-2-4-6-16;/h2-14,26H,15H2,1H3,(H,27,28);1H. The molecule has 0 saturated carbocycles. The fourth-order valence-corrected chi connectivity index (χ4v) is 3.58. The van der Waals surface area contributed by atoms with Crippen LogP contribution in [0.15, 0.2) is 79.0 Å². The van der Waals surface area contributed by atoms with E-state index in [4.69, 9.17) is 9.72 Å². The Labute approximate surface area is 180 Å². The second-order valence-electron chi connectivity index (χ2n) is 6.86. The summed E-state index contributed by atoms with van der Waals surface area (Å²) in [7, 11) is 1.67. The van der Waals surface area contributed by atoms with Crippen LogP contribution in [0.2, 0.25) is 0 Å². The van der Waals surface area contributed by atoms with Gasteiger partial charge in [-0.1, -0.05) is 30.3 Å². The SMILES string of the molecule is COc1ccc(NCc2ccnc3ccc4nc(-c5ccccc5)[nH]c4c23)cc1.Cl. The minimum absolute atomic E-state index is 0. The smallest absolute Gasteiger partial charge is 0.138 e. The summed E-state index contributed by atoms with van der Waals surface area (Å²) in [6.45, 7) is 0.685. The van der Waals surface area contributed by atoms with Gasteiger partial charge in [-0.25, -0.2) is 4.98 Å². The first kappa shape index (κ1) is 19.7. The van der Waals surface area contributed by atoms with Crippen LogP contribution in [0.4, 0.5) is 5.69 Å². The van der Waals surface area contributed by atoms with Gasteiger partial charge in [0.15, 0.2) is 0 Å². The number of rotatable bonds is 5. The topological polar surface area (TPSA) is 62.8 Å². The number of anilines is 1. The highest BCUT2D eigenvalue weighted by atomic mass is 35.5. The van der Waals surface area contributed by atoms with Gasteiger partial charge in [0.25, 0.3) is 0 Å². The number of hydrogen-bond acceptors (Lipinski definition) is 4. The molecular formula is C24H21ClN4O. The molecule has 2 aromatic heterocycles. The molecule has 5 rings (SSSR count). The number of nitrogens with zero attached hydrogens (tertiary/aromatic N) is 2. The summed E-state index contributed by atoms with van der Waals surface area (Å²) in [4.78, 5) is 12.9. The van der Waals surface area contributed by atoms with Crippen molar-refractivity contribution in [2.45, 2.75) is 6.54 Å². The molecule has 2 N–H and O–H groups in total. The Balaban J connectivity index is 0.00000218. The van der Waals surface area contributed by atoms with E-state index in [0.29, 0.717) is 6.54 Å².